The first-order chi connectivity index (χ1) is 4.43. The van der Waals surface area contributed by atoms with Crippen LogP contribution in [0.5, 0.6) is 0 Å². The molecule has 1 unspecified atom stereocenters. The second-order valence-electron chi connectivity index (χ2n) is 2.44. The van der Waals surface area contributed by atoms with E-state index in [2.05, 4.69) is 17.6 Å². The van der Waals surface area contributed by atoms with Gasteiger partial charge in [-0.2, -0.15) is 13.3 Å². The molecule has 1 radical (unpaired) electrons. The molecule has 10 heavy (non-hydrogen) atoms. The molecule has 0 saturated heterocycles. The van der Waals surface area contributed by atoms with Gasteiger partial charge in [-0.05, 0) is 0 Å². The molecule has 1 nitrogen and oxygen atoms in total. The number of hydrogen-bond donors (Lipinski definition) is 0. The maximum atomic E-state index is 4.18. The SMILES string of the molecule is C[C-]=NC1[CH-]CCCC1.[Y]. The van der Waals surface area contributed by atoms with Gasteiger partial charge in [-0.1, -0.05) is 19.3 Å². The number of aliphatic imine (C=N–C) groups is 1. The molecule has 0 aliphatic heterocycles. The van der Waals surface area contributed by atoms with E-state index >= 15 is 0 Å². The zero-order valence-electron chi connectivity index (χ0n) is 6.51. The maximum absolute atomic E-state index is 4.18. The molecule has 1 aliphatic carbocycles. The number of rotatable bonds is 1. The number of nitrogens with zero attached hydrogens (tertiary/aromatic N) is 1. The molecule has 0 bridgehead atoms. The summed E-state index contributed by atoms with van der Waals surface area (Å²) in [6.45, 7) is 1.86. The monoisotopic (exact) mass is 212 g/mol. The fraction of sp³-hybridized carbons (Fsp3) is 0.750. The summed E-state index contributed by atoms with van der Waals surface area (Å²) in [6, 6.07) is 0.490. The fourth-order valence-corrected chi connectivity index (χ4v) is 1.21. The summed E-state index contributed by atoms with van der Waals surface area (Å²) in [5.41, 5.74) is 0. The van der Waals surface area contributed by atoms with Crippen LogP contribution in [0.25, 0.3) is 0 Å². The second kappa shape index (κ2) is 6.48. The van der Waals surface area contributed by atoms with E-state index in [0.717, 1.165) is 0 Å². The minimum absolute atomic E-state index is 0. The predicted molar refractivity (Wildman–Crippen MR) is 39.7 cm³/mol. The van der Waals surface area contributed by atoms with E-state index in [1.54, 1.807) is 0 Å². The van der Waals surface area contributed by atoms with Gasteiger partial charge in [-0.25, -0.2) is 0 Å². The molecule has 0 heterocycles. The van der Waals surface area contributed by atoms with Gasteiger partial charge < -0.3 is 17.6 Å². The van der Waals surface area contributed by atoms with Crippen molar-refractivity contribution >= 4 is 6.21 Å². The molecule has 0 aromatic carbocycles. The Morgan fingerprint density at radius 1 is 1.50 bits per heavy atom. The molecule has 55 valence electrons. The standard InChI is InChI=1S/C8H13N.Y/c1-2-9-8-6-4-3-5-7-8;/h6,8H,3-5,7H2,1H3;/q-2;. The van der Waals surface area contributed by atoms with Gasteiger partial charge >= 0.3 is 0 Å². The van der Waals surface area contributed by atoms with E-state index in [1.165, 1.54) is 25.7 Å². The normalized spacial score (nSPS) is 26.3. The predicted octanol–water partition coefficient (Wildman–Crippen LogP) is 2.10. The molecule has 0 amide bonds. The molecular formula is C8H13NY-2. The Kier molecular flexibility index (Phi) is 6.98. The molecule has 0 aromatic rings. The summed E-state index contributed by atoms with van der Waals surface area (Å²) in [5, 5.41) is 0. The Bertz CT molecular complexity index is 95.4. The Morgan fingerprint density at radius 2 is 2.30 bits per heavy atom. The molecule has 1 aliphatic rings. The third-order valence-corrected chi connectivity index (χ3v) is 1.69. The van der Waals surface area contributed by atoms with E-state index in [9.17, 15) is 0 Å². The van der Waals surface area contributed by atoms with Crippen LogP contribution in [0.1, 0.15) is 32.6 Å². The molecule has 1 saturated carbocycles. The van der Waals surface area contributed by atoms with Crippen molar-refractivity contribution < 1.29 is 32.7 Å². The third kappa shape index (κ3) is 3.82. The van der Waals surface area contributed by atoms with Crippen molar-refractivity contribution in [3.05, 3.63) is 6.42 Å². The van der Waals surface area contributed by atoms with Crippen LogP contribution in [0.4, 0.5) is 0 Å². The zero-order valence-corrected chi connectivity index (χ0v) is 9.35. The van der Waals surface area contributed by atoms with Crippen molar-refractivity contribution in [1.82, 2.24) is 0 Å². The first-order valence-corrected chi connectivity index (χ1v) is 3.63. The van der Waals surface area contributed by atoms with Gasteiger partial charge in [-0.15, -0.1) is 6.04 Å². The van der Waals surface area contributed by atoms with Crippen LogP contribution in [0, 0.1) is 6.42 Å². The Hall–Kier alpha value is 0.774. The summed E-state index contributed by atoms with van der Waals surface area (Å²) in [7, 11) is 0. The molecule has 2 heteroatoms. The quantitative estimate of drug-likeness (QED) is 0.466. The largest absolute Gasteiger partial charge is 0.530 e. The van der Waals surface area contributed by atoms with Gasteiger partial charge in [0.1, 0.15) is 0 Å². The molecule has 1 rings (SSSR count). The van der Waals surface area contributed by atoms with Crippen molar-refractivity contribution in [2.45, 2.75) is 38.6 Å². The van der Waals surface area contributed by atoms with Crippen molar-refractivity contribution in [2.75, 3.05) is 0 Å². The van der Waals surface area contributed by atoms with Crippen LogP contribution in [0.3, 0.4) is 0 Å². The molecule has 1 atom stereocenters. The summed E-state index contributed by atoms with van der Waals surface area (Å²) in [4.78, 5) is 4.18. The summed E-state index contributed by atoms with van der Waals surface area (Å²) < 4.78 is 0. The fourth-order valence-electron chi connectivity index (χ4n) is 1.21. The van der Waals surface area contributed by atoms with E-state index in [4.69, 9.17) is 0 Å². The van der Waals surface area contributed by atoms with Crippen LogP contribution >= 0.6 is 0 Å². The number of hydrogen-bond acceptors (Lipinski definition) is 1. The topological polar surface area (TPSA) is 12.4 Å². The molecule has 1 fully saturated rings. The first kappa shape index (κ1) is 10.8. The Morgan fingerprint density at radius 3 is 2.80 bits per heavy atom. The summed E-state index contributed by atoms with van der Waals surface area (Å²) >= 11 is 0. The van der Waals surface area contributed by atoms with E-state index < -0.39 is 0 Å². The van der Waals surface area contributed by atoms with Crippen molar-refractivity contribution in [2.24, 2.45) is 4.99 Å². The van der Waals surface area contributed by atoms with Crippen molar-refractivity contribution in [3.63, 3.8) is 0 Å². The van der Waals surface area contributed by atoms with E-state index in [0.29, 0.717) is 6.04 Å². The van der Waals surface area contributed by atoms with E-state index in [-0.39, 0.29) is 32.7 Å². The van der Waals surface area contributed by atoms with Crippen LogP contribution in [-0.4, -0.2) is 12.3 Å². The van der Waals surface area contributed by atoms with Crippen molar-refractivity contribution in [1.29, 1.82) is 0 Å². The maximum Gasteiger partial charge on any atom is 0 e. The van der Waals surface area contributed by atoms with Gasteiger partial charge in [0.05, 0.1) is 0 Å². The van der Waals surface area contributed by atoms with Gasteiger partial charge in [0.25, 0.3) is 0 Å². The van der Waals surface area contributed by atoms with Gasteiger partial charge in [0, 0.05) is 32.7 Å². The van der Waals surface area contributed by atoms with Gasteiger partial charge in [0.2, 0.25) is 0 Å². The average molecular weight is 212 g/mol. The third-order valence-electron chi connectivity index (χ3n) is 1.69. The first-order valence-electron chi connectivity index (χ1n) is 3.63. The zero-order chi connectivity index (χ0) is 6.53. The van der Waals surface area contributed by atoms with Crippen LogP contribution in [-0.2, 0) is 32.7 Å². The van der Waals surface area contributed by atoms with Crippen molar-refractivity contribution in [3.8, 4) is 0 Å². The summed E-state index contributed by atoms with van der Waals surface area (Å²) in [6.07, 6.45) is 10.3. The molecule has 0 aromatic heterocycles. The Labute approximate surface area is 88.6 Å². The molecule has 0 N–H and O–H groups in total. The van der Waals surface area contributed by atoms with Gasteiger partial charge in [-0.3, -0.25) is 0 Å². The smallest absolute Gasteiger partial charge is 0 e. The average Bonchev–Trinajstić information content (AvgIpc) is 1.91. The Balaban J connectivity index is 0.000000810. The molecular weight excluding hydrogens is 199 g/mol. The minimum atomic E-state index is 0. The van der Waals surface area contributed by atoms with Crippen LogP contribution in [0.15, 0.2) is 4.99 Å². The summed E-state index contributed by atoms with van der Waals surface area (Å²) in [5.74, 6) is 0. The van der Waals surface area contributed by atoms with Crippen LogP contribution in [0.2, 0.25) is 0 Å². The second-order valence-corrected chi connectivity index (χ2v) is 2.44. The van der Waals surface area contributed by atoms with E-state index in [1.807, 2.05) is 6.92 Å². The van der Waals surface area contributed by atoms with Gasteiger partial charge in [0.15, 0.2) is 0 Å². The molecule has 0 spiro atoms. The van der Waals surface area contributed by atoms with Crippen LogP contribution < -0.4 is 0 Å². The minimum Gasteiger partial charge on any atom is -0.530 e.